The zero-order chi connectivity index (χ0) is 35.9. The number of hydrogen-bond acceptors (Lipinski definition) is 3. The number of fused-ring (bicyclic) bond motifs is 5. The summed E-state index contributed by atoms with van der Waals surface area (Å²) in [6.45, 7) is 0. The van der Waals surface area contributed by atoms with Crippen molar-refractivity contribution in [2.24, 2.45) is 0 Å². The average molecular weight is 694 g/mol. The third kappa shape index (κ3) is 5.74. The highest BCUT2D eigenvalue weighted by Crippen LogP contribution is 2.56. The zero-order valence-electron chi connectivity index (χ0n) is 30.1. The molecule has 0 radical (unpaired) electrons. The van der Waals surface area contributed by atoms with E-state index in [-0.39, 0.29) is 5.41 Å². The van der Waals surface area contributed by atoms with Crippen LogP contribution in [-0.4, -0.2) is 15.0 Å². The summed E-state index contributed by atoms with van der Waals surface area (Å²) < 4.78 is 0. The van der Waals surface area contributed by atoms with Gasteiger partial charge in [-0.25, -0.2) is 15.0 Å². The van der Waals surface area contributed by atoms with Gasteiger partial charge in [-0.3, -0.25) is 0 Å². The molecule has 7 aromatic carbocycles. The molecule has 1 spiro atoms. The van der Waals surface area contributed by atoms with Crippen LogP contribution in [0.25, 0.3) is 78.7 Å². The summed E-state index contributed by atoms with van der Waals surface area (Å²) in [4.78, 5) is 14.6. The monoisotopic (exact) mass is 693 g/mol. The summed E-state index contributed by atoms with van der Waals surface area (Å²) in [7, 11) is 0. The first kappa shape index (κ1) is 32.2. The zero-order valence-corrected chi connectivity index (χ0v) is 30.1. The fraction of sp³-hybridized carbons (Fsp3) is 0.118. The predicted molar refractivity (Wildman–Crippen MR) is 222 cm³/mol. The molecule has 8 aromatic rings. The fourth-order valence-electron chi connectivity index (χ4n) is 8.80. The first-order valence-corrected chi connectivity index (χ1v) is 19.1. The molecule has 0 aliphatic heterocycles. The van der Waals surface area contributed by atoms with Gasteiger partial charge in [0, 0.05) is 22.1 Å². The Hall–Kier alpha value is -6.45. The first-order valence-electron chi connectivity index (χ1n) is 19.1. The molecule has 0 N–H and O–H groups in total. The highest BCUT2D eigenvalue weighted by molar-refractivity contribution is 5.85. The Morgan fingerprint density at radius 2 is 0.667 bits per heavy atom. The van der Waals surface area contributed by atoms with Crippen LogP contribution >= 0.6 is 0 Å². The maximum atomic E-state index is 4.89. The Kier molecular flexibility index (Phi) is 8.06. The van der Waals surface area contributed by atoms with E-state index in [0.717, 1.165) is 22.3 Å². The summed E-state index contributed by atoms with van der Waals surface area (Å²) in [5, 5.41) is 0. The second-order valence-corrected chi connectivity index (χ2v) is 14.7. The standard InChI is InChI=1S/C51H39N3/c1-4-12-40(13-5-1)48-52-49(41-14-6-2-7-15-41)54-50(53-48)42-28-26-38(27-29-42)36-20-18-35(19-21-36)37-22-24-39(25-23-37)43-30-31-47-45(34-43)44-16-8-9-17-46(44)51(47)32-10-3-11-33-51/h1-2,4-9,12-31,34H,3,10-11,32-33H2. The highest BCUT2D eigenvalue weighted by atomic mass is 15.0. The van der Waals surface area contributed by atoms with Crippen LogP contribution in [0.3, 0.4) is 0 Å². The fourth-order valence-corrected chi connectivity index (χ4v) is 8.80. The number of benzene rings is 7. The molecule has 0 amide bonds. The van der Waals surface area contributed by atoms with Crippen molar-refractivity contribution in [3.8, 4) is 78.7 Å². The van der Waals surface area contributed by atoms with Gasteiger partial charge in [-0.1, -0.05) is 189 Å². The molecule has 54 heavy (non-hydrogen) atoms. The van der Waals surface area contributed by atoms with Crippen LogP contribution in [0.15, 0.2) is 176 Å². The SMILES string of the molecule is c1ccc(-c2nc(-c3ccccc3)nc(-c3ccc(-c4ccc(-c5ccc(-c6ccc7c(c6)-c6ccccc6C76CCCCC6)cc5)cc4)cc3)n2)cc1. The van der Waals surface area contributed by atoms with Crippen molar-refractivity contribution in [2.45, 2.75) is 37.5 Å². The number of aromatic nitrogens is 3. The van der Waals surface area contributed by atoms with Crippen molar-refractivity contribution in [2.75, 3.05) is 0 Å². The van der Waals surface area contributed by atoms with Crippen LogP contribution in [-0.2, 0) is 5.41 Å². The quantitative estimate of drug-likeness (QED) is 0.174. The molecule has 3 heteroatoms. The lowest BCUT2D eigenvalue weighted by Gasteiger charge is -2.36. The van der Waals surface area contributed by atoms with Crippen molar-refractivity contribution >= 4 is 0 Å². The van der Waals surface area contributed by atoms with Gasteiger partial charge < -0.3 is 0 Å². The van der Waals surface area contributed by atoms with E-state index in [1.807, 2.05) is 60.7 Å². The lowest BCUT2D eigenvalue weighted by atomic mass is 9.68. The largest absolute Gasteiger partial charge is 0.208 e. The molecule has 258 valence electrons. The highest BCUT2D eigenvalue weighted by Gasteiger charge is 2.43. The third-order valence-electron chi connectivity index (χ3n) is 11.6. The lowest BCUT2D eigenvalue weighted by Crippen LogP contribution is -2.27. The second kappa shape index (κ2) is 13.5. The molecule has 1 aromatic heterocycles. The summed E-state index contributed by atoms with van der Waals surface area (Å²) >= 11 is 0. The Morgan fingerprint density at radius 3 is 1.17 bits per heavy atom. The van der Waals surface area contributed by atoms with Crippen LogP contribution in [0, 0.1) is 0 Å². The molecule has 0 bridgehead atoms. The van der Waals surface area contributed by atoms with E-state index in [0.29, 0.717) is 17.5 Å². The van der Waals surface area contributed by atoms with Crippen LogP contribution in [0.5, 0.6) is 0 Å². The predicted octanol–water partition coefficient (Wildman–Crippen LogP) is 13.1. The summed E-state index contributed by atoms with van der Waals surface area (Å²) in [6.07, 6.45) is 6.52. The van der Waals surface area contributed by atoms with E-state index < -0.39 is 0 Å². The molecule has 0 saturated heterocycles. The van der Waals surface area contributed by atoms with Gasteiger partial charge in [0.15, 0.2) is 17.5 Å². The Balaban J connectivity index is 0.891. The van der Waals surface area contributed by atoms with E-state index in [2.05, 4.69) is 115 Å². The van der Waals surface area contributed by atoms with E-state index in [9.17, 15) is 0 Å². The van der Waals surface area contributed by atoms with Gasteiger partial charge in [-0.15, -0.1) is 0 Å². The van der Waals surface area contributed by atoms with E-state index >= 15 is 0 Å². The lowest BCUT2D eigenvalue weighted by molar-refractivity contribution is 0.353. The molecular weight excluding hydrogens is 655 g/mol. The Morgan fingerprint density at radius 1 is 0.296 bits per heavy atom. The van der Waals surface area contributed by atoms with Gasteiger partial charge in [-0.2, -0.15) is 0 Å². The van der Waals surface area contributed by atoms with E-state index in [1.165, 1.54) is 71.0 Å². The van der Waals surface area contributed by atoms with Crippen LogP contribution in [0.1, 0.15) is 43.2 Å². The minimum Gasteiger partial charge on any atom is -0.208 e. The smallest absolute Gasteiger partial charge is 0.164 e. The Bertz CT molecular complexity index is 2530. The minimum atomic E-state index is 0.202. The van der Waals surface area contributed by atoms with Crippen molar-refractivity contribution in [1.82, 2.24) is 15.0 Å². The summed E-state index contributed by atoms with van der Waals surface area (Å²) in [5.74, 6) is 1.99. The molecule has 1 saturated carbocycles. The van der Waals surface area contributed by atoms with E-state index in [1.54, 1.807) is 11.1 Å². The first-order chi connectivity index (χ1) is 26.7. The van der Waals surface area contributed by atoms with Crippen LogP contribution < -0.4 is 0 Å². The minimum absolute atomic E-state index is 0.202. The third-order valence-corrected chi connectivity index (χ3v) is 11.6. The van der Waals surface area contributed by atoms with Gasteiger partial charge in [0.05, 0.1) is 0 Å². The van der Waals surface area contributed by atoms with Crippen molar-refractivity contribution in [3.05, 3.63) is 187 Å². The maximum Gasteiger partial charge on any atom is 0.164 e. The number of hydrogen-bond donors (Lipinski definition) is 0. The Labute approximate surface area is 317 Å². The number of rotatable bonds is 6. The molecular formula is C51H39N3. The van der Waals surface area contributed by atoms with Crippen molar-refractivity contribution in [3.63, 3.8) is 0 Å². The van der Waals surface area contributed by atoms with E-state index in [4.69, 9.17) is 15.0 Å². The van der Waals surface area contributed by atoms with Gasteiger partial charge in [0.1, 0.15) is 0 Å². The van der Waals surface area contributed by atoms with Crippen molar-refractivity contribution < 1.29 is 0 Å². The molecule has 0 atom stereocenters. The van der Waals surface area contributed by atoms with Gasteiger partial charge >= 0.3 is 0 Å². The van der Waals surface area contributed by atoms with Gasteiger partial charge in [0.2, 0.25) is 0 Å². The molecule has 2 aliphatic rings. The number of nitrogens with zero attached hydrogens (tertiary/aromatic N) is 3. The topological polar surface area (TPSA) is 38.7 Å². The molecule has 2 aliphatic carbocycles. The summed E-state index contributed by atoms with van der Waals surface area (Å²) in [6, 6.07) is 63.0. The normalized spacial score (nSPS) is 14.1. The molecule has 1 fully saturated rings. The molecule has 0 unspecified atom stereocenters. The van der Waals surface area contributed by atoms with Crippen molar-refractivity contribution in [1.29, 1.82) is 0 Å². The second-order valence-electron chi connectivity index (χ2n) is 14.7. The summed E-state index contributed by atoms with van der Waals surface area (Å²) in [5.41, 5.74) is 16.3. The molecule has 1 heterocycles. The maximum absolute atomic E-state index is 4.89. The average Bonchev–Trinajstić information content (AvgIpc) is 3.52. The van der Waals surface area contributed by atoms with Gasteiger partial charge in [-0.05, 0) is 74.5 Å². The van der Waals surface area contributed by atoms with Gasteiger partial charge in [0.25, 0.3) is 0 Å². The molecule has 3 nitrogen and oxygen atoms in total. The molecule has 10 rings (SSSR count). The van der Waals surface area contributed by atoms with Crippen LogP contribution in [0.4, 0.5) is 0 Å². The van der Waals surface area contributed by atoms with Crippen LogP contribution in [0.2, 0.25) is 0 Å².